The second kappa shape index (κ2) is 4.06. The third-order valence-corrected chi connectivity index (χ3v) is 2.69. The quantitative estimate of drug-likeness (QED) is 0.599. The largest absolute Gasteiger partial charge is 0.325 e. The normalized spacial score (nSPS) is 10.2. The summed E-state index contributed by atoms with van der Waals surface area (Å²) in [4.78, 5) is 17.9. The summed E-state index contributed by atoms with van der Waals surface area (Å²) >= 11 is 4.49. The number of aromatic amines is 1. The molecule has 1 aromatic heterocycles. The summed E-state index contributed by atoms with van der Waals surface area (Å²) in [6.45, 7) is 0.262. The van der Waals surface area contributed by atoms with Gasteiger partial charge in [0.15, 0.2) is 5.16 Å². The molecule has 0 spiro atoms. The fraction of sp³-hybridized carbons (Fsp3) is 0.333. The fourth-order valence-corrected chi connectivity index (χ4v) is 1.46. The molecule has 3 N–H and O–H groups in total. The second-order valence-electron chi connectivity index (χ2n) is 2.04. The predicted molar refractivity (Wildman–Crippen MR) is 52.2 cm³/mol. The van der Waals surface area contributed by atoms with E-state index in [1.54, 1.807) is 0 Å². The SMILES string of the molecule is CSc1nc(CN)c(Br)c(=O)[nH]1. The monoisotopic (exact) mass is 249 g/mol. The molecule has 1 heterocycles. The Morgan fingerprint density at radius 3 is 2.92 bits per heavy atom. The molecule has 0 bridgehead atoms. The Kier molecular flexibility index (Phi) is 3.30. The van der Waals surface area contributed by atoms with Crippen molar-refractivity contribution in [3.05, 3.63) is 20.5 Å². The average molecular weight is 250 g/mol. The lowest BCUT2D eigenvalue weighted by molar-refractivity contribution is 0.845. The minimum atomic E-state index is -0.185. The first kappa shape index (κ1) is 9.76. The molecule has 0 saturated heterocycles. The van der Waals surface area contributed by atoms with Crippen LogP contribution in [0.5, 0.6) is 0 Å². The van der Waals surface area contributed by atoms with Gasteiger partial charge in [0.25, 0.3) is 5.56 Å². The summed E-state index contributed by atoms with van der Waals surface area (Å²) in [5.74, 6) is 0. The molecule has 4 nitrogen and oxygen atoms in total. The molecule has 0 radical (unpaired) electrons. The van der Waals surface area contributed by atoms with Crippen LogP contribution >= 0.6 is 27.7 Å². The highest BCUT2D eigenvalue weighted by molar-refractivity contribution is 9.10. The highest BCUT2D eigenvalue weighted by Gasteiger charge is 2.05. The van der Waals surface area contributed by atoms with Crippen LogP contribution in [-0.2, 0) is 6.54 Å². The predicted octanol–water partition coefficient (Wildman–Crippen LogP) is 0.713. The maximum atomic E-state index is 11.2. The Bertz CT molecular complexity index is 338. The van der Waals surface area contributed by atoms with Crippen molar-refractivity contribution in [2.24, 2.45) is 5.73 Å². The molecule has 1 rings (SSSR count). The molecular weight excluding hydrogens is 242 g/mol. The smallest absolute Gasteiger partial charge is 0.266 e. The summed E-state index contributed by atoms with van der Waals surface area (Å²) < 4.78 is 0.419. The van der Waals surface area contributed by atoms with Crippen LogP contribution in [0.1, 0.15) is 5.69 Å². The van der Waals surface area contributed by atoms with E-state index in [4.69, 9.17) is 5.73 Å². The van der Waals surface area contributed by atoms with Gasteiger partial charge in [-0.2, -0.15) is 0 Å². The molecule has 0 aliphatic heterocycles. The van der Waals surface area contributed by atoms with E-state index < -0.39 is 0 Å². The lowest BCUT2D eigenvalue weighted by atomic mass is 10.4. The van der Waals surface area contributed by atoms with Crippen LogP contribution in [0.3, 0.4) is 0 Å². The van der Waals surface area contributed by atoms with Crippen LogP contribution in [0.15, 0.2) is 14.4 Å². The van der Waals surface area contributed by atoms with Gasteiger partial charge < -0.3 is 10.7 Å². The summed E-state index contributed by atoms with van der Waals surface area (Å²) in [6, 6.07) is 0. The van der Waals surface area contributed by atoms with E-state index in [0.29, 0.717) is 15.3 Å². The molecule has 0 aromatic carbocycles. The molecule has 0 aliphatic rings. The maximum absolute atomic E-state index is 11.2. The van der Waals surface area contributed by atoms with Gasteiger partial charge in [0.05, 0.1) is 5.69 Å². The van der Waals surface area contributed by atoms with Gasteiger partial charge in [-0.05, 0) is 22.2 Å². The summed E-state index contributed by atoms with van der Waals surface area (Å²) in [5.41, 5.74) is 5.79. The van der Waals surface area contributed by atoms with E-state index >= 15 is 0 Å². The van der Waals surface area contributed by atoms with Crippen molar-refractivity contribution in [1.29, 1.82) is 0 Å². The van der Waals surface area contributed by atoms with Crippen molar-refractivity contribution in [3.63, 3.8) is 0 Å². The third-order valence-electron chi connectivity index (χ3n) is 1.30. The number of halogens is 1. The number of hydrogen-bond donors (Lipinski definition) is 2. The van der Waals surface area contributed by atoms with Gasteiger partial charge in [-0.25, -0.2) is 4.98 Å². The molecule has 0 aliphatic carbocycles. The zero-order valence-electron chi connectivity index (χ0n) is 6.43. The number of nitrogens with two attached hydrogens (primary N) is 1. The number of aromatic nitrogens is 2. The van der Waals surface area contributed by atoms with Gasteiger partial charge in [-0.15, -0.1) is 0 Å². The van der Waals surface area contributed by atoms with Crippen LogP contribution < -0.4 is 11.3 Å². The number of hydrogen-bond acceptors (Lipinski definition) is 4. The van der Waals surface area contributed by atoms with E-state index in [2.05, 4.69) is 25.9 Å². The first-order valence-corrected chi connectivity index (χ1v) is 5.23. The first-order valence-electron chi connectivity index (χ1n) is 3.21. The molecule has 0 atom stereocenters. The van der Waals surface area contributed by atoms with Crippen LogP contribution in [0.25, 0.3) is 0 Å². The lowest BCUT2D eigenvalue weighted by Crippen LogP contribution is -2.15. The highest BCUT2D eigenvalue weighted by atomic mass is 79.9. The van der Waals surface area contributed by atoms with Gasteiger partial charge in [0.1, 0.15) is 4.47 Å². The van der Waals surface area contributed by atoms with Crippen LogP contribution in [0.2, 0.25) is 0 Å². The number of H-pyrrole nitrogens is 1. The Balaban J connectivity index is 3.29. The van der Waals surface area contributed by atoms with Crippen molar-refractivity contribution in [2.75, 3.05) is 6.26 Å². The van der Waals surface area contributed by atoms with Crippen molar-refractivity contribution >= 4 is 27.7 Å². The number of nitrogens with zero attached hydrogens (tertiary/aromatic N) is 1. The van der Waals surface area contributed by atoms with Crippen LogP contribution in [0, 0.1) is 0 Å². The molecule has 0 amide bonds. The van der Waals surface area contributed by atoms with Crippen molar-refractivity contribution in [1.82, 2.24) is 9.97 Å². The Hall–Kier alpha value is -0.330. The van der Waals surface area contributed by atoms with E-state index in [9.17, 15) is 4.79 Å². The van der Waals surface area contributed by atoms with Gasteiger partial charge in [-0.1, -0.05) is 11.8 Å². The number of rotatable bonds is 2. The zero-order valence-corrected chi connectivity index (χ0v) is 8.83. The molecule has 66 valence electrons. The first-order chi connectivity index (χ1) is 5.69. The van der Waals surface area contributed by atoms with Crippen LogP contribution in [0.4, 0.5) is 0 Å². The fourth-order valence-electron chi connectivity index (χ4n) is 0.715. The molecule has 0 unspecified atom stereocenters. The Morgan fingerprint density at radius 1 is 1.75 bits per heavy atom. The molecule has 0 fully saturated rings. The summed E-state index contributed by atoms with van der Waals surface area (Å²) in [5, 5.41) is 0.587. The number of thioether (sulfide) groups is 1. The average Bonchev–Trinajstić information content (AvgIpc) is 2.09. The van der Waals surface area contributed by atoms with E-state index in [1.807, 2.05) is 6.26 Å². The zero-order chi connectivity index (χ0) is 9.14. The summed E-state index contributed by atoms with van der Waals surface area (Å²) in [7, 11) is 0. The molecular formula is C6H8BrN3OS. The maximum Gasteiger partial charge on any atom is 0.266 e. The number of nitrogens with one attached hydrogen (secondary N) is 1. The van der Waals surface area contributed by atoms with Crippen molar-refractivity contribution in [2.45, 2.75) is 11.7 Å². The second-order valence-corrected chi connectivity index (χ2v) is 3.63. The molecule has 0 saturated carbocycles. The lowest BCUT2D eigenvalue weighted by Gasteiger charge is -2.01. The van der Waals surface area contributed by atoms with Crippen molar-refractivity contribution in [3.8, 4) is 0 Å². The molecule has 6 heteroatoms. The van der Waals surface area contributed by atoms with Gasteiger partial charge in [0, 0.05) is 6.54 Å². The minimum absolute atomic E-state index is 0.185. The third kappa shape index (κ3) is 1.88. The topological polar surface area (TPSA) is 71.8 Å². The highest BCUT2D eigenvalue weighted by Crippen LogP contribution is 2.12. The minimum Gasteiger partial charge on any atom is -0.325 e. The van der Waals surface area contributed by atoms with E-state index in [0.717, 1.165) is 0 Å². The van der Waals surface area contributed by atoms with Gasteiger partial charge in [0.2, 0.25) is 0 Å². The standard InChI is InChI=1S/C6H8BrN3OS/c1-12-6-9-3(2-8)4(7)5(11)10-6/h2,8H2,1H3,(H,9,10,11). The van der Waals surface area contributed by atoms with E-state index in [1.165, 1.54) is 11.8 Å². The Morgan fingerprint density at radius 2 is 2.42 bits per heavy atom. The summed E-state index contributed by atoms with van der Waals surface area (Å²) in [6.07, 6.45) is 1.84. The van der Waals surface area contributed by atoms with Gasteiger partial charge >= 0.3 is 0 Å². The van der Waals surface area contributed by atoms with Gasteiger partial charge in [-0.3, -0.25) is 4.79 Å². The van der Waals surface area contributed by atoms with Crippen molar-refractivity contribution < 1.29 is 0 Å². The van der Waals surface area contributed by atoms with Crippen LogP contribution in [-0.4, -0.2) is 16.2 Å². The molecule has 12 heavy (non-hydrogen) atoms. The molecule has 1 aromatic rings. The van der Waals surface area contributed by atoms with E-state index in [-0.39, 0.29) is 12.1 Å². The Labute approximate surface area is 82.1 Å².